The van der Waals surface area contributed by atoms with E-state index in [9.17, 15) is 18.0 Å². The highest BCUT2D eigenvalue weighted by Crippen LogP contribution is 2.20. The molecule has 3 heterocycles. The molecule has 3 aromatic rings. The van der Waals surface area contributed by atoms with Crippen LogP contribution in [0.5, 0.6) is 5.88 Å². The van der Waals surface area contributed by atoms with Gasteiger partial charge in [-0.2, -0.15) is 13.2 Å². The Morgan fingerprint density at radius 1 is 1.11 bits per heavy atom. The number of pyridine rings is 2. The summed E-state index contributed by atoms with van der Waals surface area (Å²) in [5.41, 5.74) is 3.95. The van der Waals surface area contributed by atoms with Gasteiger partial charge in [0.15, 0.2) is 6.61 Å². The molecule has 1 amide bonds. The van der Waals surface area contributed by atoms with E-state index in [1.807, 2.05) is 0 Å². The number of alkyl halides is 3. The maximum atomic E-state index is 12.1. The summed E-state index contributed by atoms with van der Waals surface area (Å²) in [6.07, 6.45) is 1.40. The smallest absolute Gasteiger partial charge is 0.422 e. The van der Waals surface area contributed by atoms with Crippen LogP contribution in [0.1, 0.15) is 10.4 Å². The predicted octanol–water partition coefficient (Wildman–Crippen LogP) is 2.15. The largest absolute Gasteiger partial charge is 0.468 e. The van der Waals surface area contributed by atoms with E-state index in [4.69, 9.17) is 0 Å². The predicted molar refractivity (Wildman–Crippen MR) is 87.1 cm³/mol. The molecule has 0 atom stereocenters. The molecule has 0 radical (unpaired) electrons. The number of amides is 1. The highest BCUT2D eigenvalue weighted by molar-refractivity contribution is 5.98. The van der Waals surface area contributed by atoms with Crippen molar-refractivity contribution in [2.45, 2.75) is 6.18 Å². The second-order valence-corrected chi connectivity index (χ2v) is 5.31. The zero-order valence-corrected chi connectivity index (χ0v) is 13.7. The molecular weight excluding hydrogens is 363 g/mol. The number of aromatic nitrogens is 4. The molecule has 0 aliphatic rings. The minimum Gasteiger partial charge on any atom is -0.468 e. The third-order valence-electron chi connectivity index (χ3n) is 3.27. The molecule has 27 heavy (non-hydrogen) atoms. The normalized spacial score (nSPS) is 11.1. The van der Waals surface area contributed by atoms with Gasteiger partial charge in [0, 0.05) is 40.0 Å². The molecule has 0 spiro atoms. The van der Waals surface area contributed by atoms with Crippen LogP contribution in [0.15, 0.2) is 61.2 Å². The summed E-state index contributed by atoms with van der Waals surface area (Å²) in [7, 11) is 0. The molecule has 7 nitrogen and oxygen atoms in total. The Labute approximate surface area is 151 Å². The summed E-state index contributed by atoms with van der Waals surface area (Å²) in [5, 5.41) is 3.92. The van der Waals surface area contributed by atoms with Gasteiger partial charge in [0.1, 0.15) is 0 Å². The van der Waals surface area contributed by atoms with Crippen molar-refractivity contribution >= 4 is 5.91 Å². The van der Waals surface area contributed by atoms with Gasteiger partial charge in [-0.15, -0.1) is 0 Å². The SMILES string of the molecule is O=C(N[n+]1ccccn1)c1ccc(-c2ccc(OCC(F)(F)F)nc2)nc1. The van der Waals surface area contributed by atoms with E-state index in [0.717, 1.165) is 0 Å². The van der Waals surface area contributed by atoms with Gasteiger partial charge in [-0.3, -0.25) is 9.78 Å². The van der Waals surface area contributed by atoms with Crippen molar-refractivity contribution in [1.82, 2.24) is 15.1 Å². The molecule has 0 fully saturated rings. The Morgan fingerprint density at radius 2 is 1.96 bits per heavy atom. The second kappa shape index (κ2) is 7.77. The first-order valence-corrected chi connectivity index (χ1v) is 7.67. The van der Waals surface area contributed by atoms with E-state index in [1.165, 1.54) is 35.5 Å². The first-order chi connectivity index (χ1) is 12.9. The molecule has 0 bridgehead atoms. The molecule has 3 aromatic heterocycles. The van der Waals surface area contributed by atoms with Crippen LogP contribution in [-0.4, -0.2) is 33.8 Å². The lowest BCUT2D eigenvalue weighted by Gasteiger charge is -2.08. The monoisotopic (exact) mass is 376 g/mol. The molecule has 0 saturated carbocycles. The highest BCUT2D eigenvalue weighted by atomic mass is 19.4. The molecule has 0 aromatic carbocycles. The number of ether oxygens (including phenoxy) is 1. The second-order valence-electron chi connectivity index (χ2n) is 5.31. The van der Waals surface area contributed by atoms with Crippen molar-refractivity contribution in [3.8, 4) is 17.1 Å². The molecule has 1 N–H and O–H groups in total. The molecule has 0 aliphatic heterocycles. The molecule has 3 rings (SSSR count). The van der Waals surface area contributed by atoms with Gasteiger partial charge in [0.05, 0.1) is 17.5 Å². The molecule has 0 unspecified atom stereocenters. The zero-order valence-electron chi connectivity index (χ0n) is 13.7. The Balaban J connectivity index is 1.65. The third kappa shape index (κ3) is 5.21. The number of carbonyl (C=O) groups excluding carboxylic acids is 1. The van der Waals surface area contributed by atoms with Crippen molar-refractivity contribution in [2.75, 3.05) is 12.0 Å². The van der Waals surface area contributed by atoms with E-state index in [1.54, 1.807) is 30.5 Å². The van der Waals surface area contributed by atoms with Crippen molar-refractivity contribution in [1.29, 1.82) is 0 Å². The van der Waals surface area contributed by atoms with E-state index in [-0.39, 0.29) is 5.88 Å². The topological polar surface area (TPSA) is 80.9 Å². The summed E-state index contributed by atoms with van der Waals surface area (Å²) in [4.78, 5) is 21.4. The van der Waals surface area contributed by atoms with E-state index in [2.05, 4.69) is 25.2 Å². The summed E-state index contributed by atoms with van der Waals surface area (Å²) < 4.78 is 40.9. The van der Waals surface area contributed by atoms with Crippen LogP contribution in [0.25, 0.3) is 11.3 Å². The van der Waals surface area contributed by atoms with Crippen molar-refractivity contribution < 1.29 is 27.5 Å². The molecule has 10 heteroatoms. The number of halogens is 3. The van der Waals surface area contributed by atoms with Crippen molar-refractivity contribution in [2.24, 2.45) is 0 Å². The van der Waals surface area contributed by atoms with E-state index >= 15 is 0 Å². The average Bonchev–Trinajstić information content (AvgIpc) is 2.67. The van der Waals surface area contributed by atoms with Gasteiger partial charge in [-0.1, -0.05) is 5.43 Å². The molecule has 138 valence electrons. The Bertz CT molecular complexity index is 901. The van der Waals surface area contributed by atoms with Crippen molar-refractivity contribution in [3.05, 3.63) is 66.7 Å². The van der Waals surface area contributed by atoms with Gasteiger partial charge in [0.25, 0.3) is 0 Å². The molecule has 0 saturated heterocycles. The van der Waals surface area contributed by atoms with E-state index < -0.39 is 18.7 Å². The Morgan fingerprint density at radius 3 is 2.56 bits per heavy atom. The van der Waals surface area contributed by atoms with Crippen LogP contribution in [0.2, 0.25) is 0 Å². The van der Waals surface area contributed by atoms with Gasteiger partial charge in [-0.25, -0.2) is 4.98 Å². The van der Waals surface area contributed by atoms with Gasteiger partial charge in [0.2, 0.25) is 12.1 Å². The van der Waals surface area contributed by atoms with Crippen LogP contribution in [0, 0.1) is 0 Å². The minimum atomic E-state index is -4.42. The fourth-order valence-electron chi connectivity index (χ4n) is 2.04. The van der Waals surface area contributed by atoms with Crippen LogP contribution in [-0.2, 0) is 0 Å². The summed E-state index contributed by atoms with van der Waals surface area (Å²) in [6.45, 7) is -1.41. The summed E-state index contributed by atoms with van der Waals surface area (Å²) in [6, 6.07) is 9.45. The highest BCUT2D eigenvalue weighted by Gasteiger charge is 2.28. The third-order valence-corrected chi connectivity index (χ3v) is 3.27. The number of nitrogens with zero attached hydrogens (tertiary/aromatic N) is 4. The fraction of sp³-hybridized carbons (Fsp3) is 0.118. The van der Waals surface area contributed by atoms with Gasteiger partial charge >= 0.3 is 12.1 Å². The first-order valence-electron chi connectivity index (χ1n) is 7.67. The van der Waals surface area contributed by atoms with Crippen molar-refractivity contribution in [3.63, 3.8) is 0 Å². The Kier molecular flexibility index (Phi) is 5.25. The average molecular weight is 376 g/mol. The molecule has 0 aliphatic carbocycles. The Hall–Kier alpha value is -3.56. The quantitative estimate of drug-likeness (QED) is 0.690. The first kappa shape index (κ1) is 18.2. The molecular formula is C17H13F3N5O2+. The number of rotatable bonds is 5. The maximum Gasteiger partial charge on any atom is 0.422 e. The number of hydrogen-bond acceptors (Lipinski definition) is 5. The lowest BCUT2D eigenvalue weighted by Crippen LogP contribution is -2.50. The maximum absolute atomic E-state index is 12.1. The fourth-order valence-corrected chi connectivity index (χ4v) is 2.04. The van der Waals surface area contributed by atoms with Gasteiger partial charge < -0.3 is 4.74 Å². The summed E-state index contributed by atoms with van der Waals surface area (Å²) in [5.74, 6) is -0.536. The zero-order chi connectivity index (χ0) is 19.3. The number of carbonyl (C=O) groups is 1. The number of nitrogens with one attached hydrogen (secondary N) is 1. The van der Waals surface area contributed by atoms with Crippen LogP contribution in [0.3, 0.4) is 0 Å². The van der Waals surface area contributed by atoms with Crippen LogP contribution in [0.4, 0.5) is 13.2 Å². The minimum absolute atomic E-state index is 0.139. The standard InChI is InChI=1S/C17H12F3N5O2/c18-17(19,20)11-27-15-6-4-12(9-22-15)14-5-3-13(10-21-14)16(26)24-25-8-2-1-7-23-25/h1-10H,11H2/p+1. The van der Waals surface area contributed by atoms with E-state index in [0.29, 0.717) is 16.8 Å². The lowest BCUT2D eigenvalue weighted by molar-refractivity contribution is -0.702. The lowest BCUT2D eigenvalue weighted by atomic mass is 10.1. The van der Waals surface area contributed by atoms with Crippen LogP contribution < -0.4 is 15.0 Å². The summed E-state index contributed by atoms with van der Waals surface area (Å²) >= 11 is 0. The number of hydrogen-bond donors (Lipinski definition) is 1. The van der Waals surface area contributed by atoms with Crippen LogP contribution >= 0.6 is 0 Å². The van der Waals surface area contributed by atoms with Gasteiger partial charge in [-0.05, 0) is 24.3 Å².